The van der Waals surface area contributed by atoms with Crippen molar-refractivity contribution in [3.8, 4) is 0 Å². The summed E-state index contributed by atoms with van der Waals surface area (Å²) in [5.74, 6) is 0. The van der Waals surface area contributed by atoms with Gasteiger partial charge in [-0.3, -0.25) is 9.78 Å². The van der Waals surface area contributed by atoms with Crippen molar-refractivity contribution in [1.82, 2.24) is 14.9 Å². The zero-order valence-electron chi connectivity index (χ0n) is 8.80. The van der Waals surface area contributed by atoms with Crippen molar-refractivity contribution in [1.29, 1.82) is 0 Å². The number of hydrogen-bond donors (Lipinski definition) is 1. The Morgan fingerprint density at radius 2 is 2.38 bits per heavy atom. The fourth-order valence-electron chi connectivity index (χ4n) is 1.39. The molecule has 0 aliphatic carbocycles. The van der Waals surface area contributed by atoms with E-state index >= 15 is 0 Å². The Labute approximate surface area is 97.6 Å². The highest BCUT2D eigenvalue weighted by atomic mass is 32.1. The van der Waals surface area contributed by atoms with Crippen molar-refractivity contribution >= 4 is 11.3 Å². The standard InChI is InChI=1S/C11H13N3OS/c15-11-3-1-2-5-14(11)6-4-12-7-10-8-13-9-16-10/h1-3,5,8-9,12H,4,6-7H2. The molecule has 0 aromatic carbocycles. The van der Waals surface area contributed by atoms with E-state index in [1.807, 2.05) is 17.8 Å². The highest BCUT2D eigenvalue weighted by Gasteiger charge is 1.95. The maximum Gasteiger partial charge on any atom is 0.250 e. The van der Waals surface area contributed by atoms with Gasteiger partial charge in [0.15, 0.2) is 0 Å². The van der Waals surface area contributed by atoms with Gasteiger partial charge in [-0.15, -0.1) is 11.3 Å². The summed E-state index contributed by atoms with van der Waals surface area (Å²) in [6, 6.07) is 5.19. The molecule has 0 saturated carbocycles. The second-order valence-electron chi connectivity index (χ2n) is 3.38. The Kier molecular flexibility index (Phi) is 3.85. The van der Waals surface area contributed by atoms with E-state index in [1.165, 1.54) is 4.88 Å². The largest absolute Gasteiger partial charge is 0.314 e. The van der Waals surface area contributed by atoms with Gasteiger partial charge in [0.2, 0.25) is 0 Å². The van der Waals surface area contributed by atoms with Gasteiger partial charge >= 0.3 is 0 Å². The lowest BCUT2D eigenvalue weighted by Gasteiger charge is -2.05. The van der Waals surface area contributed by atoms with Crippen LogP contribution in [0.15, 0.2) is 40.9 Å². The minimum absolute atomic E-state index is 0.0436. The first kappa shape index (κ1) is 11.0. The lowest BCUT2D eigenvalue weighted by molar-refractivity contribution is 0.587. The first-order valence-corrected chi connectivity index (χ1v) is 5.98. The Morgan fingerprint density at radius 3 is 3.12 bits per heavy atom. The van der Waals surface area contributed by atoms with E-state index in [1.54, 1.807) is 34.2 Å². The van der Waals surface area contributed by atoms with Crippen LogP contribution in [0.5, 0.6) is 0 Å². The normalized spacial score (nSPS) is 10.5. The topological polar surface area (TPSA) is 46.9 Å². The molecule has 16 heavy (non-hydrogen) atoms. The average molecular weight is 235 g/mol. The van der Waals surface area contributed by atoms with Crippen LogP contribution < -0.4 is 10.9 Å². The minimum atomic E-state index is 0.0436. The zero-order chi connectivity index (χ0) is 11.2. The number of rotatable bonds is 5. The van der Waals surface area contributed by atoms with Gasteiger partial charge in [0.25, 0.3) is 5.56 Å². The Bertz CT molecular complexity index is 478. The van der Waals surface area contributed by atoms with E-state index < -0.39 is 0 Å². The maximum atomic E-state index is 11.4. The predicted molar refractivity (Wildman–Crippen MR) is 64.5 cm³/mol. The molecule has 0 amide bonds. The van der Waals surface area contributed by atoms with Crippen LogP contribution in [-0.4, -0.2) is 16.1 Å². The molecule has 0 saturated heterocycles. The van der Waals surface area contributed by atoms with Gasteiger partial charge in [0, 0.05) is 43.0 Å². The molecule has 2 rings (SSSR count). The molecule has 0 atom stereocenters. The van der Waals surface area contributed by atoms with Crippen LogP contribution in [0.25, 0.3) is 0 Å². The van der Waals surface area contributed by atoms with Crippen LogP contribution in [0.1, 0.15) is 4.88 Å². The molecule has 0 spiro atoms. The van der Waals surface area contributed by atoms with E-state index in [0.717, 1.165) is 13.1 Å². The summed E-state index contributed by atoms with van der Waals surface area (Å²) < 4.78 is 1.69. The van der Waals surface area contributed by atoms with Crippen LogP contribution in [-0.2, 0) is 13.1 Å². The maximum absolute atomic E-state index is 11.4. The number of pyridine rings is 1. The van der Waals surface area contributed by atoms with E-state index in [9.17, 15) is 4.79 Å². The number of nitrogens with one attached hydrogen (secondary N) is 1. The molecular formula is C11H13N3OS. The zero-order valence-corrected chi connectivity index (χ0v) is 9.61. The fourth-order valence-corrected chi connectivity index (χ4v) is 1.95. The lowest BCUT2D eigenvalue weighted by Crippen LogP contribution is -2.25. The van der Waals surface area contributed by atoms with E-state index in [0.29, 0.717) is 6.54 Å². The third-order valence-electron chi connectivity index (χ3n) is 2.21. The Balaban J connectivity index is 1.76. The van der Waals surface area contributed by atoms with Crippen LogP contribution in [0.4, 0.5) is 0 Å². The Hall–Kier alpha value is -1.46. The number of aromatic nitrogens is 2. The van der Waals surface area contributed by atoms with Gasteiger partial charge in [-0.05, 0) is 6.07 Å². The summed E-state index contributed by atoms with van der Waals surface area (Å²) in [6.45, 7) is 2.28. The number of thiazole rings is 1. The summed E-state index contributed by atoms with van der Waals surface area (Å²) in [4.78, 5) is 16.6. The molecule has 0 radical (unpaired) electrons. The van der Waals surface area contributed by atoms with Crippen molar-refractivity contribution < 1.29 is 0 Å². The summed E-state index contributed by atoms with van der Waals surface area (Å²) in [6.07, 6.45) is 3.66. The molecule has 1 N–H and O–H groups in total. The molecule has 2 heterocycles. The molecular weight excluding hydrogens is 222 g/mol. The predicted octanol–water partition coefficient (Wildman–Crippen LogP) is 1.09. The van der Waals surface area contributed by atoms with E-state index in [-0.39, 0.29) is 5.56 Å². The first-order chi connectivity index (χ1) is 7.86. The highest BCUT2D eigenvalue weighted by molar-refractivity contribution is 7.09. The van der Waals surface area contributed by atoms with Crippen molar-refractivity contribution in [2.24, 2.45) is 0 Å². The lowest BCUT2D eigenvalue weighted by atomic mass is 10.4. The van der Waals surface area contributed by atoms with Crippen molar-refractivity contribution in [3.05, 3.63) is 51.3 Å². The monoisotopic (exact) mass is 235 g/mol. The quantitative estimate of drug-likeness (QED) is 0.789. The fraction of sp³-hybridized carbons (Fsp3) is 0.273. The van der Waals surface area contributed by atoms with Gasteiger partial charge in [0.1, 0.15) is 0 Å². The van der Waals surface area contributed by atoms with Gasteiger partial charge < -0.3 is 9.88 Å². The smallest absolute Gasteiger partial charge is 0.250 e. The molecule has 0 bridgehead atoms. The molecule has 5 heteroatoms. The molecule has 0 aliphatic heterocycles. The highest BCUT2D eigenvalue weighted by Crippen LogP contribution is 2.03. The van der Waals surface area contributed by atoms with Gasteiger partial charge in [-0.2, -0.15) is 0 Å². The molecule has 0 unspecified atom stereocenters. The van der Waals surface area contributed by atoms with Gasteiger partial charge in [0.05, 0.1) is 5.51 Å². The summed E-state index contributed by atoms with van der Waals surface area (Å²) >= 11 is 1.63. The van der Waals surface area contributed by atoms with Crippen molar-refractivity contribution in [2.75, 3.05) is 6.54 Å². The molecule has 2 aromatic rings. The summed E-state index contributed by atoms with van der Waals surface area (Å²) in [5, 5.41) is 3.27. The van der Waals surface area contributed by atoms with Crippen LogP contribution >= 0.6 is 11.3 Å². The van der Waals surface area contributed by atoms with Crippen molar-refractivity contribution in [2.45, 2.75) is 13.1 Å². The molecule has 84 valence electrons. The first-order valence-electron chi connectivity index (χ1n) is 5.10. The molecule has 0 fully saturated rings. The number of nitrogens with zero attached hydrogens (tertiary/aromatic N) is 2. The second kappa shape index (κ2) is 5.58. The van der Waals surface area contributed by atoms with Gasteiger partial charge in [-0.1, -0.05) is 6.07 Å². The molecule has 0 aliphatic rings. The molecule has 4 nitrogen and oxygen atoms in total. The van der Waals surface area contributed by atoms with Gasteiger partial charge in [-0.25, -0.2) is 0 Å². The van der Waals surface area contributed by atoms with Crippen LogP contribution in [0, 0.1) is 0 Å². The summed E-state index contributed by atoms with van der Waals surface area (Å²) in [7, 11) is 0. The Morgan fingerprint density at radius 1 is 1.44 bits per heavy atom. The van der Waals surface area contributed by atoms with Crippen molar-refractivity contribution in [3.63, 3.8) is 0 Å². The van der Waals surface area contributed by atoms with E-state index in [4.69, 9.17) is 0 Å². The number of hydrogen-bond acceptors (Lipinski definition) is 4. The van der Waals surface area contributed by atoms with Crippen LogP contribution in [0.3, 0.4) is 0 Å². The van der Waals surface area contributed by atoms with Crippen LogP contribution in [0.2, 0.25) is 0 Å². The minimum Gasteiger partial charge on any atom is -0.314 e. The average Bonchev–Trinajstić information content (AvgIpc) is 2.79. The molecule has 2 aromatic heterocycles. The summed E-state index contributed by atoms with van der Waals surface area (Å²) in [5.41, 5.74) is 1.86. The third-order valence-corrected chi connectivity index (χ3v) is 2.99. The third kappa shape index (κ3) is 3.01. The van der Waals surface area contributed by atoms with E-state index in [2.05, 4.69) is 10.3 Å². The SMILES string of the molecule is O=c1ccccn1CCNCc1cncs1. The second-order valence-corrected chi connectivity index (χ2v) is 4.35.